The second-order valence-electron chi connectivity index (χ2n) is 2.87. The molecule has 0 atom stereocenters. The van der Waals surface area contributed by atoms with Gasteiger partial charge in [-0.15, -0.1) is 0 Å². The first-order chi connectivity index (χ1) is 6.27. The number of pyridine rings is 1. The van der Waals surface area contributed by atoms with E-state index in [1.807, 2.05) is 25.3 Å². The minimum absolute atomic E-state index is 0.495. The Morgan fingerprint density at radius 1 is 1.46 bits per heavy atom. The third-order valence-corrected chi connectivity index (χ3v) is 1.79. The van der Waals surface area contributed by atoms with Gasteiger partial charge in [-0.25, -0.2) is 9.67 Å². The summed E-state index contributed by atoms with van der Waals surface area (Å²) in [6.45, 7) is 1.97. The monoisotopic (exact) mass is 174 g/mol. The van der Waals surface area contributed by atoms with Crippen molar-refractivity contribution in [3.8, 4) is 5.69 Å². The van der Waals surface area contributed by atoms with Crippen LogP contribution in [0.4, 0.5) is 5.82 Å². The zero-order valence-corrected chi connectivity index (χ0v) is 7.31. The summed E-state index contributed by atoms with van der Waals surface area (Å²) in [6, 6.07) is 3.80. The Bertz CT molecular complexity index is 406. The van der Waals surface area contributed by atoms with Gasteiger partial charge in [0.1, 0.15) is 11.5 Å². The van der Waals surface area contributed by atoms with Crippen LogP contribution in [0.25, 0.3) is 5.69 Å². The van der Waals surface area contributed by atoms with Crippen LogP contribution in [0.5, 0.6) is 0 Å². The number of aryl methyl sites for hydroxylation is 1. The predicted molar refractivity (Wildman–Crippen MR) is 50.5 cm³/mol. The zero-order valence-electron chi connectivity index (χ0n) is 7.31. The van der Waals surface area contributed by atoms with Crippen molar-refractivity contribution in [1.82, 2.24) is 14.8 Å². The Balaban J connectivity index is 2.57. The third-order valence-electron chi connectivity index (χ3n) is 1.79. The van der Waals surface area contributed by atoms with Gasteiger partial charge in [0.2, 0.25) is 0 Å². The molecular formula is C9H10N4. The fourth-order valence-electron chi connectivity index (χ4n) is 1.16. The smallest absolute Gasteiger partial charge is 0.149 e. The van der Waals surface area contributed by atoms with E-state index in [0.717, 1.165) is 11.3 Å². The largest absolute Gasteiger partial charge is 0.382 e. The van der Waals surface area contributed by atoms with Gasteiger partial charge in [0.15, 0.2) is 0 Å². The van der Waals surface area contributed by atoms with Gasteiger partial charge >= 0.3 is 0 Å². The van der Waals surface area contributed by atoms with Crippen molar-refractivity contribution in [3.63, 3.8) is 0 Å². The van der Waals surface area contributed by atoms with Crippen LogP contribution in [-0.4, -0.2) is 14.8 Å². The lowest BCUT2D eigenvalue weighted by Gasteiger charge is -2.04. The summed E-state index contributed by atoms with van der Waals surface area (Å²) in [5.41, 5.74) is 7.60. The average Bonchev–Trinajstić information content (AvgIpc) is 2.61. The van der Waals surface area contributed by atoms with Crippen LogP contribution in [-0.2, 0) is 0 Å². The lowest BCUT2D eigenvalue weighted by atomic mass is 10.3. The predicted octanol–water partition coefficient (Wildman–Crippen LogP) is 1.16. The molecule has 0 aliphatic carbocycles. The first-order valence-electron chi connectivity index (χ1n) is 3.99. The summed E-state index contributed by atoms with van der Waals surface area (Å²) in [7, 11) is 0. The number of rotatable bonds is 1. The van der Waals surface area contributed by atoms with Crippen LogP contribution in [0.15, 0.2) is 30.7 Å². The second-order valence-corrected chi connectivity index (χ2v) is 2.87. The van der Waals surface area contributed by atoms with E-state index in [1.54, 1.807) is 17.1 Å². The summed E-state index contributed by atoms with van der Waals surface area (Å²) < 4.78 is 1.70. The molecule has 2 N–H and O–H groups in total. The molecular weight excluding hydrogens is 164 g/mol. The lowest BCUT2D eigenvalue weighted by Crippen LogP contribution is -2.02. The van der Waals surface area contributed by atoms with Crippen molar-refractivity contribution in [2.24, 2.45) is 0 Å². The number of nitrogens with zero attached hydrogens (tertiary/aromatic N) is 3. The van der Waals surface area contributed by atoms with E-state index in [9.17, 15) is 0 Å². The van der Waals surface area contributed by atoms with Crippen LogP contribution < -0.4 is 5.73 Å². The van der Waals surface area contributed by atoms with Gasteiger partial charge < -0.3 is 5.73 Å². The Morgan fingerprint density at radius 3 is 3.00 bits per heavy atom. The topological polar surface area (TPSA) is 56.7 Å². The number of nitrogen functional groups attached to an aromatic ring is 1. The highest BCUT2D eigenvalue weighted by Crippen LogP contribution is 2.14. The maximum atomic E-state index is 5.71. The second kappa shape index (κ2) is 2.90. The molecule has 4 nitrogen and oxygen atoms in total. The summed E-state index contributed by atoms with van der Waals surface area (Å²) in [5, 5.41) is 4.09. The molecule has 2 aromatic heterocycles. The van der Waals surface area contributed by atoms with Crippen molar-refractivity contribution in [3.05, 3.63) is 36.3 Å². The Morgan fingerprint density at radius 2 is 2.31 bits per heavy atom. The quantitative estimate of drug-likeness (QED) is 0.705. The van der Waals surface area contributed by atoms with E-state index in [-0.39, 0.29) is 0 Å². The van der Waals surface area contributed by atoms with E-state index in [0.29, 0.717) is 5.82 Å². The summed E-state index contributed by atoms with van der Waals surface area (Å²) >= 11 is 0. The fraction of sp³-hybridized carbons (Fsp3) is 0.111. The van der Waals surface area contributed by atoms with Crippen LogP contribution in [0, 0.1) is 6.92 Å². The minimum atomic E-state index is 0.495. The molecule has 0 aromatic carbocycles. The molecule has 0 spiro atoms. The van der Waals surface area contributed by atoms with E-state index in [4.69, 9.17) is 5.73 Å². The first-order valence-corrected chi connectivity index (χ1v) is 3.99. The maximum Gasteiger partial charge on any atom is 0.149 e. The van der Waals surface area contributed by atoms with Crippen molar-refractivity contribution in [1.29, 1.82) is 0 Å². The molecule has 0 radical (unpaired) electrons. The highest BCUT2D eigenvalue weighted by atomic mass is 15.3. The number of anilines is 1. The van der Waals surface area contributed by atoms with Gasteiger partial charge in [-0.3, -0.25) is 0 Å². The van der Waals surface area contributed by atoms with Crippen LogP contribution in [0.3, 0.4) is 0 Å². The van der Waals surface area contributed by atoms with Gasteiger partial charge in [0.05, 0.1) is 0 Å². The molecule has 0 aliphatic rings. The molecule has 0 aliphatic heterocycles. The molecule has 0 fully saturated rings. The number of hydrogen-bond donors (Lipinski definition) is 1. The molecule has 0 saturated carbocycles. The van der Waals surface area contributed by atoms with Gasteiger partial charge in [-0.1, -0.05) is 0 Å². The van der Waals surface area contributed by atoms with Gasteiger partial charge in [0.25, 0.3) is 0 Å². The Hall–Kier alpha value is -1.84. The zero-order chi connectivity index (χ0) is 9.26. The van der Waals surface area contributed by atoms with Crippen LogP contribution in [0.2, 0.25) is 0 Å². The molecule has 0 bridgehead atoms. The lowest BCUT2D eigenvalue weighted by molar-refractivity contribution is 0.875. The van der Waals surface area contributed by atoms with E-state index < -0.39 is 0 Å². The highest BCUT2D eigenvalue weighted by Gasteiger charge is 2.02. The summed E-state index contributed by atoms with van der Waals surface area (Å²) in [6.07, 6.45) is 5.29. The van der Waals surface area contributed by atoms with Gasteiger partial charge in [-0.2, -0.15) is 5.10 Å². The highest BCUT2D eigenvalue weighted by molar-refractivity contribution is 5.52. The first kappa shape index (κ1) is 7.79. The summed E-state index contributed by atoms with van der Waals surface area (Å²) in [4.78, 5) is 4.05. The van der Waals surface area contributed by atoms with E-state index >= 15 is 0 Å². The molecule has 2 aromatic rings. The van der Waals surface area contributed by atoms with E-state index in [2.05, 4.69) is 10.1 Å². The van der Waals surface area contributed by atoms with Crippen LogP contribution in [0.1, 0.15) is 5.56 Å². The summed E-state index contributed by atoms with van der Waals surface area (Å²) in [5.74, 6) is 0.495. The minimum Gasteiger partial charge on any atom is -0.382 e. The van der Waals surface area contributed by atoms with Crippen molar-refractivity contribution in [2.45, 2.75) is 6.92 Å². The standard InChI is InChI=1S/C9H10N4/c1-7-5-8(9(10)11-6-7)13-4-2-3-12-13/h2-6H,1H3,(H2,10,11). The number of nitrogens with two attached hydrogens (primary N) is 1. The van der Waals surface area contributed by atoms with Gasteiger partial charge in [0, 0.05) is 18.6 Å². The molecule has 0 unspecified atom stereocenters. The number of hydrogen-bond acceptors (Lipinski definition) is 3. The third kappa shape index (κ3) is 1.38. The molecule has 0 saturated heterocycles. The maximum absolute atomic E-state index is 5.71. The Kier molecular flexibility index (Phi) is 1.73. The Labute approximate surface area is 76.0 Å². The van der Waals surface area contributed by atoms with Crippen molar-refractivity contribution in [2.75, 3.05) is 5.73 Å². The molecule has 0 amide bonds. The average molecular weight is 174 g/mol. The molecule has 4 heteroatoms. The normalized spacial score (nSPS) is 10.2. The molecule has 2 heterocycles. The van der Waals surface area contributed by atoms with Crippen LogP contribution >= 0.6 is 0 Å². The SMILES string of the molecule is Cc1cnc(N)c(-n2cccn2)c1. The molecule has 66 valence electrons. The van der Waals surface area contributed by atoms with Crippen molar-refractivity contribution >= 4 is 5.82 Å². The fourth-order valence-corrected chi connectivity index (χ4v) is 1.16. The molecule has 2 rings (SSSR count). The number of aromatic nitrogens is 3. The van der Waals surface area contributed by atoms with E-state index in [1.165, 1.54) is 0 Å². The molecule has 13 heavy (non-hydrogen) atoms. The van der Waals surface area contributed by atoms with Crippen molar-refractivity contribution < 1.29 is 0 Å². The van der Waals surface area contributed by atoms with Gasteiger partial charge in [-0.05, 0) is 24.6 Å².